The molecule has 122 valence electrons. The normalized spacial score (nSPS) is 20.0. The Morgan fingerprint density at radius 3 is 2.68 bits per heavy atom. The number of likely N-dealkylation sites (tertiary alicyclic amines) is 1. The predicted octanol–water partition coefficient (Wildman–Crippen LogP) is 0.471. The van der Waals surface area contributed by atoms with Crippen molar-refractivity contribution in [1.82, 2.24) is 9.62 Å². The van der Waals surface area contributed by atoms with E-state index < -0.39 is 10.0 Å². The number of nitrogens with one attached hydrogen (secondary N) is 1. The predicted molar refractivity (Wildman–Crippen MR) is 84.7 cm³/mol. The third kappa shape index (κ3) is 4.79. The highest BCUT2D eigenvalue weighted by Crippen LogP contribution is 2.17. The Hall–Kier alpha value is -1.44. The van der Waals surface area contributed by atoms with E-state index in [1.807, 2.05) is 11.8 Å². The molecule has 1 aromatic carbocycles. The number of nitrogens with two attached hydrogens (primary N) is 1. The van der Waals surface area contributed by atoms with Crippen molar-refractivity contribution in [2.75, 3.05) is 26.2 Å². The second kappa shape index (κ2) is 7.21. The summed E-state index contributed by atoms with van der Waals surface area (Å²) < 4.78 is 27.2. The molecule has 0 spiro atoms. The van der Waals surface area contributed by atoms with Gasteiger partial charge < -0.3 is 5.73 Å². The zero-order valence-corrected chi connectivity index (χ0v) is 13.6. The van der Waals surface area contributed by atoms with Crippen molar-refractivity contribution in [2.45, 2.75) is 24.7 Å². The highest BCUT2D eigenvalue weighted by molar-refractivity contribution is 7.89. The number of hydrogen-bond donors (Lipinski definition) is 2. The first-order valence-electron chi connectivity index (χ1n) is 7.44. The van der Waals surface area contributed by atoms with Gasteiger partial charge >= 0.3 is 0 Å². The number of rotatable bonds is 6. The second-order valence-corrected chi connectivity index (χ2v) is 7.64. The van der Waals surface area contributed by atoms with Crippen molar-refractivity contribution in [3.8, 4) is 0 Å². The van der Waals surface area contributed by atoms with E-state index in [-0.39, 0.29) is 23.3 Å². The summed E-state index contributed by atoms with van der Waals surface area (Å²) in [6, 6.07) is 6.78. The molecule has 0 unspecified atom stereocenters. The number of nitrogens with zero attached hydrogens (tertiary/aromatic N) is 1. The van der Waals surface area contributed by atoms with Crippen LogP contribution in [0.5, 0.6) is 0 Å². The van der Waals surface area contributed by atoms with Crippen molar-refractivity contribution in [1.29, 1.82) is 0 Å². The summed E-state index contributed by atoms with van der Waals surface area (Å²) in [4.78, 5) is 13.2. The minimum Gasteiger partial charge on any atom is -0.369 e. The van der Waals surface area contributed by atoms with Crippen LogP contribution >= 0.6 is 0 Å². The van der Waals surface area contributed by atoms with Crippen LogP contribution in [0, 0.1) is 12.8 Å². The molecule has 0 aliphatic carbocycles. The first kappa shape index (κ1) is 16.9. The molecule has 1 amide bonds. The van der Waals surface area contributed by atoms with Gasteiger partial charge in [-0.15, -0.1) is 0 Å². The van der Waals surface area contributed by atoms with Gasteiger partial charge in [0.05, 0.1) is 11.4 Å². The summed E-state index contributed by atoms with van der Waals surface area (Å²) in [5, 5.41) is 0. The Labute approximate surface area is 131 Å². The zero-order valence-electron chi connectivity index (χ0n) is 12.8. The third-order valence-corrected chi connectivity index (χ3v) is 5.32. The molecule has 1 saturated heterocycles. The van der Waals surface area contributed by atoms with Crippen LogP contribution in [0.1, 0.15) is 18.4 Å². The lowest BCUT2D eigenvalue weighted by Gasteiger charge is -2.31. The summed E-state index contributed by atoms with van der Waals surface area (Å²) in [6.45, 7) is 4.06. The Bertz CT molecular complexity index is 613. The first-order chi connectivity index (χ1) is 10.4. The summed E-state index contributed by atoms with van der Waals surface area (Å²) in [6.07, 6.45) is 1.90. The fraction of sp³-hybridized carbons (Fsp3) is 0.533. The van der Waals surface area contributed by atoms with Gasteiger partial charge in [0, 0.05) is 13.1 Å². The summed E-state index contributed by atoms with van der Waals surface area (Å²) in [5.74, 6) is -0.144. The van der Waals surface area contributed by atoms with E-state index in [2.05, 4.69) is 4.72 Å². The molecule has 1 aliphatic rings. The van der Waals surface area contributed by atoms with Gasteiger partial charge in [-0.2, -0.15) is 0 Å². The van der Waals surface area contributed by atoms with Crippen LogP contribution in [-0.4, -0.2) is 45.4 Å². The van der Waals surface area contributed by atoms with Crippen LogP contribution in [0.3, 0.4) is 0 Å². The fourth-order valence-corrected chi connectivity index (χ4v) is 3.83. The number of carbonyl (C=O) groups is 1. The van der Waals surface area contributed by atoms with E-state index in [0.717, 1.165) is 24.9 Å². The van der Waals surface area contributed by atoms with Crippen LogP contribution in [0.2, 0.25) is 0 Å². The molecule has 0 saturated carbocycles. The quantitative estimate of drug-likeness (QED) is 0.795. The van der Waals surface area contributed by atoms with Crippen LogP contribution < -0.4 is 10.5 Å². The van der Waals surface area contributed by atoms with E-state index >= 15 is 0 Å². The first-order valence-corrected chi connectivity index (χ1v) is 8.92. The standard InChI is InChI=1S/C15H23N3O3S/c1-12-4-6-14(7-5-12)22(20,21)17-9-13-3-2-8-18(10-13)11-15(16)19/h4-7,13,17H,2-3,8-11H2,1H3,(H2,16,19)/t13-/m0/s1. The molecule has 2 rings (SSSR count). The Morgan fingerprint density at radius 1 is 1.36 bits per heavy atom. The molecule has 1 atom stereocenters. The SMILES string of the molecule is Cc1ccc(S(=O)(=O)NC[C@@H]2CCCN(CC(N)=O)C2)cc1. The van der Waals surface area contributed by atoms with E-state index in [0.29, 0.717) is 13.1 Å². The maximum absolute atomic E-state index is 12.2. The molecular weight excluding hydrogens is 302 g/mol. The molecule has 1 heterocycles. The summed E-state index contributed by atoms with van der Waals surface area (Å²) in [5.41, 5.74) is 6.23. The van der Waals surface area contributed by atoms with E-state index in [4.69, 9.17) is 5.73 Å². The van der Waals surface area contributed by atoms with Gasteiger partial charge in [0.25, 0.3) is 0 Å². The molecule has 1 fully saturated rings. The molecular formula is C15H23N3O3S. The molecule has 0 bridgehead atoms. The topological polar surface area (TPSA) is 92.5 Å². The molecule has 6 nitrogen and oxygen atoms in total. The second-order valence-electron chi connectivity index (χ2n) is 5.87. The monoisotopic (exact) mass is 325 g/mol. The Morgan fingerprint density at radius 2 is 2.05 bits per heavy atom. The van der Waals surface area contributed by atoms with Crippen molar-refractivity contribution >= 4 is 15.9 Å². The number of primary amides is 1. The highest BCUT2D eigenvalue weighted by Gasteiger charge is 2.23. The van der Waals surface area contributed by atoms with Crippen LogP contribution in [-0.2, 0) is 14.8 Å². The summed E-state index contributed by atoms with van der Waals surface area (Å²) in [7, 11) is -3.48. The maximum atomic E-state index is 12.2. The van der Waals surface area contributed by atoms with Crippen LogP contribution in [0.4, 0.5) is 0 Å². The number of hydrogen-bond acceptors (Lipinski definition) is 4. The average Bonchev–Trinajstić information content (AvgIpc) is 2.45. The number of amides is 1. The molecule has 3 N–H and O–H groups in total. The van der Waals surface area contributed by atoms with Gasteiger partial charge in [-0.25, -0.2) is 13.1 Å². The molecule has 7 heteroatoms. The molecule has 0 radical (unpaired) electrons. The van der Waals surface area contributed by atoms with E-state index in [1.165, 1.54) is 0 Å². The zero-order chi connectivity index (χ0) is 16.2. The Kier molecular flexibility index (Phi) is 5.55. The highest BCUT2D eigenvalue weighted by atomic mass is 32.2. The van der Waals surface area contributed by atoms with Crippen molar-refractivity contribution in [3.63, 3.8) is 0 Å². The number of carbonyl (C=O) groups excluding carboxylic acids is 1. The lowest BCUT2D eigenvalue weighted by atomic mass is 9.98. The van der Waals surface area contributed by atoms with E-state index in [9.17, 15) is 13.2 Å². The molecule has 1 aliphatic heterocycles. The van der Waals surface area contributed by atoms with Gasteiger partial charge in [-0.3, -0.25) is 9.69 Å². The number of benzene rings is 1. The van der Waals surface area contributed by atoms with Gasteiger partial charge in [0.1, 0.15) is 0 Å². The minimum atomic E-state index is -3.48. The smallest absolute Gasteiger partial charge is 0.240 e. The molecule has 1 aromatic rings. The van der Waals surface area contributed by atoms with E-state index in [1.54, 1.807) is 24.3 Å². The fourth-order valence-electron chi connectivity index (χ4n) is 2.71. The van der Waals surface area contributed by atoms with Crippen molar-refractivity contribution < 1.29 is 13.2 Å². The van der Waals surface area contributed by atoms with Crippen LogP contribution in [0.15, 0.2) is 29.2 Å². The van der Waals surface area contributed by atoms with Gasteiger partial charge in [-0.05, 0) is 44.4 Å². The number of sulfonamides is 1. The summed E-state index contributed by atoms with van der Waals surface area (Å²) >= 11 is 0. The van der Waals surface area contributed by atoms with Gasteiger partial charge in [0.2, 0.25) is 15.9 Å². The van der Waals surface area contributed by atoms with Gasteiger partial charge in [0.15, 0.2) is 0 Å². The van der Waals surface area contributed by atoms with Gasteiger partial charge in [-0.1, -0.05) is 17.7 Å². The molecule has 22 heavy (non-hydrogen) atoms. The lowest BCUT2D eigenvalue weighted by molar-refractivity contribution is -0.119. The lowest BCUT2D eigenvalue weighted by Crippen LogP contribution is -2.44. The minimum absolute atomic E-state index is 0.202. The van der Waals surface area contributed by atoms with Crippen molar-refractivity contribution in [3.05, 3.63) is 29.8 Å². The number of piperidine rings is 1. The maximum Gasteiger partial charge on any atom is 0.240 e. The largest absolute Gasteiger partial charge is 0.369 e. The van der Waals surface area contributed by atoms with Crippen LogP contribution in [0.25, 0.3) is 0 Å². The number of aryl methyl sites for hydroxylation is 1. The third-order valence-electron chi connectivity index (χ3n) is 3.88. The average molecular weight is 325 g/mol. The van der Waals surface area contributed by atoms with Crippen molar-refractivity contribution in [2.24, 2.45) is 11.7 Å². The Balaban J connectivity index is 1.91. The molecule has 0 aromatic heterocycles.